The van der Waals surface area contributed by atoms with Crippen molar-refractivity contribution in [1.82, 2.24) is 0 Å². The third kappa shape index (κ3) is 5.47. The number of Topliss-reactive ketones (excluding diaryl/α,β-unsaturated/α-hetero) is 1. The molecule has 6 bridgehead atoms. The number of carbonyl (C=O) groups excluding carboxylic acids is 6. The van der Waals surface area contributed by atoms with Crippen molar-refractivity contribution < 1.29 is 124 Å². The predicted octanol–water partition coefficient (Wildman–Crippen LogP) is 0.779. The number of rotatable bonds is 0. The van der Waals surface area contributed by atoms with E-state index >= 15 is 0 Å². The van der Waals surface area contributed by atoms with Crippen LogP contribution < -0.4 is 0 Å². The van der Waals surface area contributed by atoms with Gasteiger partial charge in [0.1, 0.15) is 12.7 Å². The molecule has 1 aliphatic carbocycles. The van der Waals surface area contributed by atoms with Gasteiger partial charge in [0.25, 0.3) is 0 Å². The van der Waals surface area contributed by atoms with Gasteiger partial charge in [0, 0.05) is 45.4 Å². The molecule has 336 valence electrons. The number of fused-ring (bicyclic) bond motifs is 7. The average molecular weight is 907 g/mol. The number of esters is 5. The SMILES string of the molecule is O=C1C[C@@H]2C(=O)O[C@@H]3COC(=O)c4cc(O)c(O)c(O)c4-c4c(cc(O)c(O)c4O)C(=O)O[C@H]3[C@@H]3OC(=O)c4c(c(O)c(O)c(O)c4-c4c(O)c(O)c(O)c5c4C(=O)O[C@H]3[C@H]5O)C2=C1O. The first-order valence-electron chi connectivity index (χ1n) is 18.4. The first-order valence-corrected chi connectivity index (χ1v) is 18.4. The summed E-state index contributed by atoms with van der Waals surface area (Å²) in [7, 11) is 0. The summed E-state index contributed by atoms with van der Waals surface area (Å²) in [5.74, 6) is -31.6. The Hall–Kier alpha value is -9.00. The summed E-state index contributed by atoms with van der Waals surface area (Å²) in [4.78, 5) is 85.2. The Morgan fingerprint density at radius 2 is 0.923 bits per heavy atom. The minimum absolute atomic E-state index is 0.361. The van der Waals surface area contributed by atoms with Crippen molar-refractivity contribution in [2.45, 2.75) is 36.9 Å². The van der Waals surface area contributed by atoms with E-state index in [2.05, 4.69) is 0 Å². The highest BCUT2D eigenvalue weighted by atomic mass is 16.6. The smallest absolute Gasteiger partial charge is 0.340 e. The molecule has 4 aromatic rings. The summed E-state index contributed by atoms with van der Waals surface area (Å²) >= 11 is 0. The summed E-state index contributed by atoms with van der Waals surface area (Å²) in [6, 6.07) is 0.798. The summed E-state index contributed by atoms with van der Waals surface area (Å²) in [5.41, 5.74) is -12.8. The maximum absolute atomic E-state index is 14.9. The van der Waals surface area contributed by atoms with Gasteiger partial charge in [0.15, 0.2) is 82.0 Å². The van der Waals surface area contributed by atoms with Crippen LogP contribution in [0.2, 0.25) is 0 Å². The highest BCUT2D eigenvalue weighted by Crippen LogP contribution is 2.61. The van der Waals surface area contributed by atoms with Gasteiger partial charge in [-0.05, 0) is 12.1 Å². The summed E-state index contributed by atoms with van der Waals surface area (Å²) in [6.45, 7) is -1.44. The Balaban J connectivity index is 1.40. The first kappa shape index (κ1) is 41.4. The number of phenols is 12. The topological polar surface area (TPSA) is 432 Å². The standard InChI is InChI=1S/C40H26O25/c41-8-2-7-14(21(8)44)15-18-16(27(50)31(54)26(15)49)17-19-20(29(52)32(55)28(17)51)30(53)34(64-40(19)60)35(65-39(18)59)33-11(62-37(7)57)4-61-36(56)5-1-9(42)22(45)24(47)12(5)13-6(38(58)63-33)3-10(43)23(46)25(13)48/h1,3,7,11,30,33-35,42-55H,2,4H2/t7-,11+,30-,33+,34-,35-/m0/s1. The molecule has 4 aromatic carbocycles. The van der Waals surface area contributed by atoms with Gasteiger partial charge >= 0.3 is 29.8 Å². The maximum Gasteiger partial charge on any atom is 0.340 e. The van der Waals surface area contributed by atoms with Gasteiger partial charge in [0.2, 0.25) is 23.0 Å². The highest BCUT2D eigenvalue weighted by Gasteiger charge is 2.56. The van der Waals surface area contributed by atoms with Crippen LogP contribution in [0, 0.1) is 5.92 Å². The number of ether oxygens (including phenoxy) is 5. The van der Waals surface area contributed by atoms with E-state index in [9.17, 15) is 100 Å². The normalized spacial score (nSPS) is 23.3. The zero-order chi connectivity index (χ0) is 47.1. The van der Waals surface area contributed by atoms with Gasteiger partial charge in [-0.1, -0.05) is 0 Å². The molecule has 0 fully saturated rings. The van der Waals surface area contributed by atoms with Crippen LogP contribution in [0.15, 0.2) is 17.9 Å². The minimum atomic E-state index is -2.72. The molecular weight excluding hydrogens is 880 g/mol. The lowest BCUT2D eigenvalue weighted by Crippen LogP contribution is -2.56. The van der Waals surface area contributed by atoms with Crippen molar-refractivity contribution in [2.75, 3.05) is 6.61 Å². The van der Waals surface area contributed by atoms with Crippen LogP contribution >= 0.6 is 0 Å². The van der Waals surface area contributed by atoms with Crippen molar-refractivity contribution in [3.8, 4) is 91.2 Å². The van der Waals surface area contributed by atoms with Crippen molar-refractivity contribution in [2.24, 2.45) is 5.92 Å². The van der Waals surface area contributed by atoms with Gasteiger partial charge < -0.3 is 95.2 Å². The van der Waals surface area contributed by atoms with E-state index in [1.54, 1.807) is 0 Å². The molecule has 0 radical (unpaired) electrons. The fourth-order valence-corrected chi connectivity index (χ4v) is 8.57. The van der Waals surface area contributed by atoms with Crippen LogP contribution in [0.3, 0.4) is 0 Å². The number of aliphatic hydroxyl groups excluding tert-OH is 2. The van der Waals surface area contributed by atoms with E-state index in [-0.39, 0.29) is 0 Å². The Morgan fingerprint density at radius 3 is 1.52 bits per heavy atom. The first-order chi connectivity index (χ1) is 30.6. The van der Waals surface area contributed by atoms with E-state index < -0.39 is 221 Å². The molecule has 10 rings (SSSR count). The minimum Gasteiger partial charge on any atom is -0.504 e. The summed E-state index contributed by atoms with van der Waals surface area (Å²) in [6.07, 6.45) is -14.2. The molecule has 0 saturated carbocycles. The second kappa shape index (κ2) is 13.8. The number of ketones is 1. The number of hydrogen-bond acceptors (Lipinski definition) is 25. The molecule has 6 atom stereocenters. The third-order valence-electron chi connectivity index (χ3n) is 11.5. The van der Waals surface area contributed by atoms with Crippen LogP contribution in [0.1, 0.15) is 65.1 Å². The van der Waals surface area contributed by atoms with Crippen molar-refractivity contribution >= 4 is 41.2 Å². The lowest BCUT2D eigenvalue weighted by molar-refractivity contribution is -0.180. The molecule has 0 unspecified atom stereocenters. The van der Waals surface area contributed by atoms with E-state index in [4.69, 9.17) is 23.7 Å². The van der Waals surface area contributed by atoms with Crippen LogP contribution in [-0.2, 0) is 33.3 Å². The Bertz CT molecular complexity index is 3020. The lowest BCUT2D eigenvalue weighted by Gasteiger charge is -2.40. The summed E-state index contributed by atoms with van der Waals surface area (Å²) in [5, 5.41) is 155. The van der Waals surface area contributed by atoms with Crippen LogP contribution in [-0.4, -0.2) is 138 Å². The number of cyclic esters (lactones) is 1. The molecule has 25 heteroatoms. The largest absolute Gasteiger partial charge is 0.504 e. The van der Waals surface area contributed by atoms with Gasteiger partial charge in [-0.25, -0.2) is 19.2 Å². The third-order valence-corrected chi connectivity index (χ3v) is 11.5. The molecule has 5 aliphatic heterocycles. The molecule has 5 heterocycles. The number of phenolic OH excluding ortho intramolecular Hbond substituents is 12. The summed E-state index contributed by atoms with van der Waals surface area (Å²) < 4.78 is 27.9. The lowest BCUT2D eigenvalue weighted by atomic mass is 9.80. The van der Waals surface area contributed by atoms with Crippen LogP contribution in [0.5, 0.6) is 69.0 Å². The van der Waals surface area contributed by atoms with Gasteiger partial charge in [0.05, 0.1) is 28.2 Å². The predicted molar refractivity (Wildman–Crippen MR) is 199 cm³/mol. The van der Waals surface area contributed by atoms with Gasteiger partial charge in [-0.15, -0.1) is 0 Å². The molecule has 65 heavy (non-hydrogen) atoms. The number of hydrogen-bond donors (Lipinski definition) is 14. The molecule has 0 spiro atoms. The fourth-order valence-electron chi connectivity index (χ4n) is 8.57. The maximum atomic E-state index is 14.9. The zero-order valence-electron chi connectivity index (χ0n) is 31.8. The van der Waals surface area contributed by atoms with Gasteiger partial charge in [-0.2, -0.15) is 0 Å². The van der Waals surface area contributed by atoms with Crippen molar-refractivity contribution in [1.29, 1.82) is 0 Å². The Morgan fingerprint density at radius 1 is 0.446 bits per heavy atom. The van der Waals surface area contributed by atoms with E-state index in [1.807, 2.05) is 0 Å². The number of aromatic hydroxyl groups is 12. The zero-order valence-corrected chi connectivity index (χ0v) is 31.8. The Labute approximate surface area is 356 Å². The molecule has 25 nitrogen and oxygen atoms in total. The number of benzene rings is 4. The molecule has 0 aromatic heterocycles. The Kier molecular flexibility index (Phi) is 8.75. The molecule has 0 amide bonds. The second-order valence-corrected chi connectivity index (χ2v) is 15.0. The molecule has 14 N–H and O–H groups in total. The fraction of sp³-hybridized carbons (Fsp3) is 0.200. The molecule has 0 saturated heterocycles. The van der Waals surface area contributed by atoms with Crippen LogP contribution in [0.25, 0.3) is 27.8 Å². The highest BCUT2D eigenvalue weighted by molar-refractivity contribution is 6.18. The molecular formula is C40H26O25. The van der Waals surface area contributed by atoms with E-state index in [0.29, 0.717) is 12.1 Å². The quantitative estimate of drug-likeness (QED) is 0.0658. The number of carbonyl (C=O) groups is 6. The van der Waals surface area contributed by atoms with E-state index in [1.165, 1.54) is 0 Å². The van der Waals surface area contributed by atoms with Crippen molar-refractivity contribution in [3.63, 3.8) is 0 Å². The van der Waals surface area contributed by atoms with Crippen molar-refractivity contribution in [3.05, 3.63) is 51.3 Å². The van der Waals surface area contributed by atoms with E-state index in [0.717, 1.165) is 0 Å². The second-order valence-electron chi connectivity index (χ2n) is 15.0. The van der Waals surface area contributed by atoms with Crippen LogP contribution in [0.4, 0.5) is 0 Å². The molecule has 6 aliphatic rings. The monoisotopic (exact) mass is 906 g/mol. The number of aliphatic hydroxyl groups is 2. The number of allylic oxidation sites excluding steroid dienone is 1. The van der Waals surface area contributed by atoms with Gasteiger partial charge in [-0.3, -0.25) is 9.59 Å². The average Bonchev–Trinajstić information content (AvgIpc) is 3.55.